The van der Waals surface area contributed by atoms with Gasteiger partial charge in [0.05, 0.1) is 25.7 Å². The van der Waals surface area contributed by atoms with Crippen molar-refractivity contribution in [3.8, 4) is 0 Å². The standard InChI is InChI=1S/C14H24F3NO4/c1-8(2)5-21-12-9(3)22-13(19)11(18)7-20-6-10(12)4-14(15,16)17/h8-12H,4-7,18H2,1-3H3/t9-,10-,11-,12-/m0/s1. The second kappa shape index (κ2) is 8.12. The highest BCUT2D eigenvalue weighted by Gasteiger charge is 2.40. The monoisotopic (exact) mass is 327 g/mol. The minimum Gasteiger partial charge on any atom is -0.459 e. The van der Waals surface area contributed by atoms with Crippen molar-refractivity contribution in [1.29, 1.82) is 0 Å². The fraction of sp³-hybridized carbons (Fsp3) is 0.929. The van der Waals surface area contributed by atoms with Crippen molar-refractivity contribution >= 4 is 5.97 Å². The van der Waals surface area contributed by atoms with Crippen LogP contribution in [0.3, 0.4) is 0 Å². The molecule has 1 saturated heterocycles. The van der Waals surface area contributed by atoms with Gasteiger partial charge < -0.3 is 19.9 Å². The number of rotatable bonds is 4. The molecule has 1 rings (SSSR count). The lowest BCUT2D eigenvalue weighted by atomic mass is 9.95. The van der Waals surface area contributed by atoms with Crippen LogP contribution in [0.1, 0.15) is 27.2 Å². The van der Waals surface area contributed by atoms with E-state index in [0.717, 1.165) is 0 Å². The predicted octanol–water partition coefficient (Wildman–Crippen LogP) is 1.89. The minimum atomic E-state index is -4.35. The van der Waals surface area contributed by atoms with Crippen LogP contribution in [0.5, 0.6) is 0 Å². The van der Waals surface area contributed by atoms with Crippen LogP contribution in [0.2, 0.25) is 0 Å². The highest BCUT2D eigenvalue weighted by Crippen LogP contribution is 2.30. The number of halogens is 3. The Hall–Kier alpha value is -0.860. The third kappa shape index (κ3) is 6.50. The molecule has 0 unspecified atom stereocenters. The van der Waals surface area contributed by atoms with Gasteiger partial charge in [0, 0.05) is 12.5 Å². The highest BCUT2D eigenvalue weighted by molar-refractivity contribution is 5.75. The Kier molecular flexibility index (Phi) is 7.08. The Balaban J connectivity index is 2.91. The number of cyclic esters (lactones) is 1. The van der Waals surface area contributed by atoms with Crippen molar-refractivity contribution in [3.05, 3.63) is 0 Å². The summed E-state index contributed by atoms with van der Waals surface area (Å²) in [6.45, 7) is 5.21. The van der Waals surface area contributed by atoms with E-state index in [4.69, 9.17) is 19.9 Å². The maximum atomic E-state index is 12.8. The largest absolute Gasteiger partial charge is 0.459 e. The lowest BCUT2D eigenvalue weighted by Crippen LogP contribution is -2.42. The Morgan fingerprint density at radius 1 is 1.36 bits per heavy atom. The zero-order valence-corrected chi connectivity index (χ0v) is 13.1. The Morgan fingerprint density at radius 2 is 2.00 bits per heavy atom. The molecule has 1 aliphatic heterocycles. The molecule has 5 nitrogen and oxygen atoms in total. The molecule has 1 aliphatic rings. The second-order valence-corrected chi connectivity index (χ2v) is 6.06. The van der Waals surface area contributed by atoms with Gasteiger partial charge in [-0.15, -0.1) is 0 Å². The SMILES string of the molecule is CC(C)CO[C@@H]1[C@@H](CC(F)(F)F)COC[C@H](N)C(=O)O[C@H]1C. The quantitative estimate of drug-likeness (QED) is 0.799. The van der Waals surface area contributed by atoms with Crippen molar-refractivity contribution in [1.82, 2.24) is 0 Å². The average molecular weight is 327 g/mol. The molecule has 0 spiro atoms. The normalized spacial score (nSPS) is 31.4. The first kappa shape index (κ1) is 19.2. The Morgan fingerprint density at radius 3 is 2.55 bits per heavy atom. The van der Waals surface area contributed by atoms with Gasteiger partial charge in [-0.1, -0.05) is 13.8 Å². The van der Waals surface area contributed by atoms with E-state index in [9.17, 15) is 18.0 Å². The van der Waals surface area contributed by atoms with E-state index < -0.39 is 42.7 Å². The van der Waals surface area contributed by atoms with Crippen LogP contribution in [0.15, 0.2) is 0 Å². The molecule has 1 heterocycles. The molecule has 22 heavy (non-hydrogen) atoms. The van der Waals surface area contributed by atoms with Gasteiger partial charge in [0.2, 0.25) is 0 Å². The summed E-state index contributed by atoms with van der Waals surface area (Å²) < 4.78 is 54.3. The topological polar surface area (TPSA) is 70.8 Å². The smallest absolute Gasteiger partial charge is 0.389 e. The van der Waals surface area contributed by atoms with Gasteiger partial charge in [-0.05, 0) is 12.8 Å². The van der Waals surface area contributed by atoms with Crippen LogP contribution in [0, 0.1) is 11.8 Å². The molecule has 0 aromatic rings. The maximum Gasteiger partial charge on any atom is 0.389 e. The summed E-state index contributed by atoms with van der Waals surface area (Å²) in [6, 6.07) is -1.00. The van der Waals surface area contributed by atoms with Crippen LogP contribution < -0.4 is 5.73 Å². The summed E-state index contributed by atoms with van der Waals surface area (Å²) in [7, 11) is 0. The van der Waals surface area contributed by atoms with Gasteiger partial charge in [0.1, 0.15) is 12.1 Å². The third-order valence-corrected chi connectivity index (χ3v) is 3.28. The average Bonchev–Trinajstić information content (AvgIpc) is 2.39. The molecule has 1 fully saturated rings. The predicted molar refractivity (Wildman–Crippen MR) is 73.1 cm³/mol. The summed E-state index contributed by atoms with van der Waals surface area (Å²) in [4.78, 5) is 11.7. The molecule has 0 bridgehead atoms. The number of ether oxygens (including phenoxy) is 3. The molecule has 0 aliphatic carbocycles. The number of hydrogen-bond donors (Lipinski definition) is 1. The Bertz CT molecular complexity index is 362. The second-order valence-electron chi connectivity index (χ2n) is 6.06. The molecule has 0 amide bonds. The molecule has 2 N–H and O–H groups in total. The highest BCUT2D eigenvalue weighted by atomic mass is 19.4. The lowest BCUT2D eigenvalue weighted by Gasteiger charge is -2.31. The summed E-state index contributed by atoms with van der Waals surface area (Å²) in [5.41, 5.74) is 5.56. The van der Waals surface area contributed by atoms with Crippen molar-refractivity contribution in [2.75, 3.05) is 19.8 Å². The molecule has 0 saturated carbocycles. The molecular weight excluding hydrogens is 303 g/mol. The van der Waals surface area contributed by atoms with Gasteiger partial charge >= 0.3 is 12.1 Å². The van der Waals surface area contributed by atoms with Crippen molar-refractivity contribution in [3.63, 3.8) is 0 Å². The van der Waals surface area contributed by atoms with E-state index in [0.29, 0.717) is 0 Å². The number of carbonyl (C=O) groups excluding carboxylic acids is 1. The maximum absolute atomic E-state index is 12.8. The van der Waals surface area contributed by atoms with E-state index in [1.165, 1.54) is 6.92 Å². The van der Waals surface area contributed by atoms with E-state index in [1.807, 2.05) is 13.8 Å². The van der Waals surface area contributed by atoms with E-state index in [1.54, 1.807) is 0 Å². The van der Waals surface area contributed by atoms with Crippen LogP contribution in [0.4, 0.5) is 13.2 Å². The first-order valence-corrected chi connectivity index (χ1v) is 7.32. The van der Waals surface area contributed by atoms with Crippen LogP contribution in [-0.2, 0) is 19.0 Å². The summed E-state index contributed by atoms with van der Waals surface area (Å²) in [6.07, 6.45) is -7.13. The lowest BCUT2D eigenvalue weighted by molar-refractivity contribution is -0.178. The molecule has 0 aromatic heterocycles. The minimum absolute atomic E-state index is 0.144. The van der Waals surface area contributed by atoms with Gasteiger partial charge in [-0.25, -0.2) is 0 Å². The van der Waals surface area contributed by atoms with Crippen molar-refractivity contribution in [2.45, 2.75) is 51.6 Å². The first-order valence-electron chi connectivity index (χ1n) is 7.32. The molecule has 8 heteroatoms. The first-order chi connectivity index (χ1) is 10.1. The number of nitrogens with two attached hydrogens (primary N) is 1. The fourth-order valence-corrected chi connectivity index (χ4v) is 2.28. The molecule has 4 atom stereocenters. The zero-order chi connectivity index (χ0) is 16.9. The zero-order valence-electron chi connectivity index (χ0n) is 13.1. The molecule has 0 radical (unpaired) electrons. The number of carbonyl (C=O) groups is 1. The number of hydrogen-bond acceptors (Lipinski definition) is 5. The summed E-state index contributed by atoms with van der Waals surface area (Å²) in [5.74, 6) is -1.50. The van der Waals surface area contributed by atoms with Crippen LogP contribution >= 0.6 is 0 Å². The van der Waals surface area contributed by atoms with Gasteiger partial charge in [0.25, 0.3) is 0 Å². The summed E-state index contributed by atoms with van der Waals surface area (Å²) in [5, 5.41) is 0. The van der Waals surface area contributed by atoms with Crippen molar-refractivity contribution < 1.29 is 32.2 Å². The molecule has 130 valence electrons. The van der Waals surface area contributed by atoms with Crippen LogP contribution in [-0.4, -0.2) is 50.2 Å². The van der Waals surface area contributed by atoms with Gasteiger partial charge in [0.15, 0.2) is 0 Å². The molecule has 0 aromatic carbocycles. The van der Waals surface area contributed by atoms with Crippen molar-refractivity contribution in [2.24, 2.45) is 17.6 Å². The fourth-order valence-electron chi connectivity index (χ4n) is 2.28. The van der Waals surface area contributed by atoms with Crippen LogP contribution in [0.25, 0.3) is 0 Å². The molecular formula is C14H24F3NO4. The van der Waals surface area contributed by atoms with Gasteiger partial charge in [-0.2, -0.15) is 13.2 Å². The van der Waals surface area contributed by atoms with Gasteiger partial charge in [-0.3, -0.25) is 4.79 Å². The number of alkyl halides is 3. The Labute approximate surface area is 128 Å². The number of esters is 1. The van der Waals surface area contributed by atoms with E-state index >= 15 is 0 Å². The summed E-state index contributed by atoms with van der Waals surface area (Å²) >= 11 is 0. The third-order valence-electron chi connectivity index (χ3n) is 3.28. The van der Waals surface area contributed by atoms with E-state index in [-0.39, 0.29) is 25.7 Å². The van der Waals surface area contributed by atoms with E-state index in [2.05, 4.69) is 0 Å².